The quantitative estimate of drug-likeness (QED) is 0.830. The van der Waals surface area contributed by atoms with E-state index in [-0.39, 0.29) is 5.69 Å². The largest absolute Gasteiger partial charge is 0.477 e. The van der Waals surface area contributed by atoms with Crippen LogP contribution in [-0.2, 0) is 0 Å². The molecule has 0 amide bonds. The summed E-state index contributed by atoms with van der Waals surface area (Å²) in [5, 5.41) is 13.7. The van der Waals surface area contributed by atoms with Crippen molar-refractivity contribution in [3.8, 4) is 5.88 Å². The van der Waals surface area contributed by atoms with Crippen molar-refractivity contribution < 1.29 is 4.74 Å². The van der Waals surface area contributed by atoms with E-state index >= 15 is 0 Å². The number of aromatic amines is 1. The molecule has 0 aromatic carbocycles. The molecule has 0 saturated carbocycles. The number of hydrogen-bond acceptors (Lipinski definition) is 5. The number of piperidine rings is 1. The molecule has 1 aliphatic heterocycles. The second-order valence-electron chi connectivity index (χ2n) is 4.75. The van der Waals surface area contributed by atoms with E-state index in [1.54, 1.807) is 12.1 Å². The highest BCUT2D eigenvalue weighted by molar-refractivity contribution is 5.35. The summed E-state index contributed by atoms with van der Waals surface area (Å²) >= 11 is 0. The number of fused-ring (bicyclic) bond motifs is 1. The van der Waals surface area contributed by atoms with Crippen LogP contribution in [0.4, 0.5) is 0 Å². The molecule has 0 spiro atoms. The Morgan fingerprint density at radius 3 is 3.21 bits per heavy atom. The molecule has 2 N–H and O–H groups in total. The molecule has 0 radical (unpaired) electrons. The Hall–Kier alpha value is -1.89. The zero-order chi connectivity index (χ0) is 13.1. The highest BCUT2D eigenvalue weighted by Crippen LogP contribution is 2.11. The van der Waals surface area contributed by atoms with E-state index in [9.17, 15) is 4.79 Å². The van der Waals surface area contributed by atoms with Gasteiger partial charge in [-0.25, -0.2) is 9.89 Å². The van der Waals surface area contributed by atoms with E-state index in [2.05, 4.69) is 20.6 Å². The van der Waals surface area contributed by atoms with Gasteiger partial charge in [0.25, 0.3) is 0 Å². The van der Waals surface area contributed by atoms with Crippen molar-refractivity contribution in [1.82, 2.24) is 25.1 Å². The van der Waals surface area contributed by atoms with Crippen LogP contribution in [0.15, 0.2) is 16.9 Å². The SMILES string of the molecule is O=c1[nH]nc2ccc(OCCC3CCCCN3)nn12. The van der Waals surface area contributed by atoms with Crippen molar-refractivity contribution in [3.05, 3.63) is 22.6 Å². The first kappa shape index (κ1) is 12.2. The second kappa shape index (κ2) is 5.40. The summed E-state index contributed by atoms with van der Waals surface area (Å²) < 4.78 is 6.79. The highest BCUT2D eigenvalue weighted by atomic mass is 16.5. The molecular formula is C12H17N5O2. The smallest absolute Gasteiger partial charge is 0.364 e. The van der Waals surface area contributed by atoms with Gasteiger partial charge in [0.2, 0.25) is 5.88 Å². The van der Waals surface area contributed by atoms with Crippen molar-refractivity contribution >= 4 is 5.65 Å². The number of ether oxygens (including phenoxy) is 1. The van der Waals surface area contributed by atoms with E-state index in [1.165, 1.54) is 23.8 Å². The van der Waals surface area contributed by atoms with E-state index in [0.29, 0.717) is 24.2 Å². The summed E-state index contributed by atoms with van der Waals surface area (Å²) in [5.74, 6) is 0.451. The molecule has 2 aromatic rings. The van der Waals surface area contributed by atoms with Crippen molar-refractivity contribution in [2.24, 2.45) is 0 Å². The summed E-state index contributed by atoms with van der Waals surface area (Å²) in [6, 6.07) is 3.97. The third-order valence-electron chi connectivity index (χ3n) is 3.38. The minimum atomic E-state index is -0.352. The fraction of sp³-hybridized carbons (Fsp3) is 0.583. The molecule has 0 aliphatic carbocycles. The second-order valence-corrected chi connectivity index (χ2v) is 4.75. The maximum Gasteiger partial charge on any atom is 0.364 e. The Kier molecular flexibility index (Phi) is 3.45. The highest BCUT2D eigenvalue weighted by Gasteiger charge is 2.12. The number of rotatable bonds is 4. The number of nitrogens with zero attached hydrogens (tertiary/aromatic N) is 3. The van der Waals surface area contributed by atoms with Crippen LogP contribution in [0.5, 0.6) is 5.88 Å². The molecule has 1 atom stereocenters. The zero-order valence-corrected chi connectivity index (χ0v) is 10.6. The lowest BCUT2D eigenvalue weighted by atomic mass is 10.0. The van der Waals surface area contributed by atoms with Crippen LogP contribution in [0.25, 0.3) is 5.65 Å². The fourth-order valence-corrected chi connectivity index (χ4v) is 2.34. The Bertz CT molecular complexity index is 599. The van der Waals surface area contributed by atoms with Crippen molar-refractivity contribution in [3.63, 3.8) is 0 Å². The molecule has 1 saturated heterocycles. The maximum atomic E-state index is 11.4. The molecule has 7 nitrogen and oxygen atoms in total. The predicted octanol–water partition coefficient (Wildman–Crippen LogP) is 0.329. The average molecular weight is 263 g/mol. The van der Waals surface area contributed by atoms with Crippen LogP contribution in [-0.4, -0.2) is 39.0 Å². The Labute approximate surface area is 110 Å². The summed E-state index contributed by atoms with van der Waals surface area (Å²) in [5.41, 5.74) is 0.140. The monoisotopic (exact) mass is 263 g/mol. The maximum absolute atomic E-state index is 11.4. The molecule has 1 fully saturated rings. The minimum Gasteiger partial charge on any atom is -0.477 e. The Balaban J connectivity index is 1.58. The fourth-order valence-electron chi connectivity index (χ4n) is 2.34. The Morgan fingerprint density at radius 2 is 2.37 bits per heavy atom. The summed E-state index contributed by atoms with van der Waals surface area (Å²) in [6.45, 7) is 1.70. The number of nitrogens with one attached hydrogen (secondary N) is 2. The van der Waals surface area contributed by atoms with Crippen molar-refractivity contribution in [2.75, 3.05) is 13.2 Å². The lowest BCUT2D eigenvalue weighted by molar-refractivity contribution is 0.257. The van der Waals surface area contributed by atoms with Gasteiger partial charge in [-0.15, -0.1) is 5.10 Å². The van der Waals surface area contributed by atoms with Gasteiger partial charge in [-0.1, -0.05) is 6.42 Å². The summed E-state index contributed by atoms with van der Waals surface area (Å²) in [6.07, 6.45) is 4.71. The van der Waals surface area contributed by atoms with Crippen LogP contribution in [0.3, 0.4) is 0 Å². The van der Waals surface area contributed by atoms with Gasteiger partial charge < -0.3 is 10.1 Å². The van der Waals surface area contributed by atoms with Crippen LogP contribution < -0.4 is 15.7 Å². The van der Waals surface area contributed by atoms with Gasteiger partial charge in [0.05, 0.1) is 6.61 Å². The lowest BCUT2D eigenvalue weighted by Crippen LogP contribution is -2.35. The third kappa shape index (κ3) is 2.76. The van der Waals surface area contributed by atoms with Crippen LogP contribution in [0.2, 0.25) is 0 Å². The summed E-state index contributed by atoms with van der Waals surface area (Å²) in [7, 11) is 0. The zero-order valence-electron chi connectivity index (χ0n) is 10.6. The van der Waals surface area contributed by atoms with E-state index < -0.39 is 0 Å². The van der Waals surface area contributed by atoms with Gasteiger partial charge in [0, 0.05) is 12.1 Å². The number of H-pyrrole nitrogens is 1. The third-order valence-corrected chi connectivity index (χ3v) is 3.38. The predicted molar refractivity (Wildman–Crippen MR) is 69.4 cm³/mol. The molecule has 1 unspecified atom stereocenters. The molecule has 19 heavy (non-hydrogen) atoms. The number of hydrogen-bond donors (Lipinski definition) is 2. The van der Waals surface area contributed by atoms with Gasteiger partial charge in [-0.05, 0) is 31.9 Å². The van der Waals surface area contributed by atoms with Crippen molar-refractivity contribution in [2.45, 2.75) is 31.7 Å². The van der Waals surface area contributed by atoms with Crippen LogP contribution >= 0.6 is 0 Å². The van der Waals surface area contributed by atoms with Gasteiger partial charge in [-0.3, -0.25) is 0 Å². The normalized spacial score (nSPS) is 19.7. The topological polar surface area (TPSA) is 84.3 Å². The molecule has 3 rings (SSSR count). The molecule has 1 aliphatic rings. The first-order valence-corrected chi connectivity index (χ1v) is 6.63. The first-order valence-electron chi connectivity index (χ1n) is 6.63. The first-order chi connectivity index (χ1) is 9.33. The summed E-state index contributed by atoms with van der Waals surface area (Å²) in [4.78, 5) is 11.4. The molecule has 2 aromatic heterocycles. The standard InChI is InChI=1S/C12H17N5O2/c18-12-15-14-10-4-5-11(16-17(10)12)19-8-6-9-3-1-2-7-13-9/h4-5,9,13H,1-3,6-8H2,(H,15,18). The molecule has 102 valence electrons. The molecule has 0 bridgehead atoms. The van der Waals surface area contributed by atoms with Crippen molar-refractivity contribution in [1.29, 1.82) is 0 Å². The van der Waals surface area contributed by atoms with Crippen LogP contribution in [0, 0.1) is 0 Å². The van der Waals surface area contributed by atoms with E-state index in [4.69, 9.17) is 4.74 Å². The molecule has 3 heterocycles. The Morgan fingerprint density at radius 1 is 1.42 bits per heavy atom. The van der Waals surface area contributed by atoms with Crippen LogP contribution in [0.1, 0.15) is 25.7 Å². The lowest BCUT2D eigenvalue weighted by Gasteiger charge is -2.23. The number of aromatic nitrogens is 4. The van der Waals surface area contributed by atoms with Gasteiger partial charge >= 0.3 is 5.69 Å². The van der Waals surface area contributed by atoms with Gasteiger partial charge in [-0.2, -0.15) is 9.61 Å². The average Bonchev–Trinajstić information content (AvgIpc) is 2.82. The molecule has 7 heteroatoms. The van der Waals surface area contributed by atoms with Gasteiger partial charge in [0.1, 0.15) is 0 Å². The molecular weight excluding hydrogens is 246 g/mol. The van der Waals surface area contributed by atoms with E-state index in [1.807, 2.05) is 0 Å². The minimum absolute atomic E-state index is 0.352. The van der Waals surface area contributed by atoms with Gasteiger partial charge in [0.15, 0.2) is 5.65 Å². The van der Waals surface area contributed by atoms with E-state index in [0.717, 1.165) is 13.0 Å².